The van der Waals surface area contributed by atoms with Crippen LogP contribution in [0.2, 0.25) is 0 Å². The zero-order chi connectivity index (χ0) is 13.1. The minimum absolute atomic E-state index is 0.162. The molecule has 0 radical (unpaired) electrons. The maximum atomic E-state index is 12.8. The molecule has 0 saturated heterocycles. The normalized spacial score (nSPS) is 10.6. The van der Waals surface area contributed by atoms with E-state index in [0.717, 1.165) is 11.3 Å². The minimum Gasteiger partial charge on any atom is -0.480 e. The molecule has 0 atom stereocenters. The number of halogens is 1. The van der Waals surface area contributed by atoms with Crippen molar-refractivity contribution in [2.75, 3.05) is 0 Å². The highest BCUT2D eigenvalue weighted by molar-refractivity contribution is 5.67. The average molecular weight is 248 g/mol. The van der Waals surface area contributed by atoms with Gasteiger partial charge in [0, 0.05) is 11.3 Å². The Hall–Kier alpha value is -2.17. The Balaban J connectivity index is 2.37. The van der Waals surface area contributed by atoms with Gasteiger partial charge < -0.3 is 5.11 Å². The highest BCUT2D eigenvalue weighted by Gasteiger charge is 2.10. The summed E-state index contributed by atoms with van der Waals surface area (Å²) in [5, 5.41) is 13.0. The Morgan fingerprint density at radius 2 is 2.06 bits per heavy atom. The molecule has 0 saturated carbocycles. The van der Waals surface area contributed by atoms with E-state index in [4.69, 9.17) is 5.11 Å². The van der Waals surface area contributed by atoms with Crippen molar-refractivity contribution in [2.24, 2.45) is 0 Å². The average Bonchev–Trinajstić information content (AvgIpc) is 2.72. The first kappa shape index (κ1) is 12.3. The van der Waals surface area contributed by atoms with Gasteiger partial charge in [0.1, 0.15) is 12.4 Å². The number of carbonyl (C=O) groups is 1. The summed E-state index contributed by atoms with van der Waals surface area (Å²) in [7, 11) is 0. The second-order valence-electron chi connectivity index (χ2n) is 3.93. The van der Waals surface area contributed by atoms with Crippen molar-refractivity contribution in [1.82, 2.24) is 9.78 Å². The van der Waals surface area contributed by atoms with Crippen molar-refractivity contribution in [3.63, 3.8) is 0 Å². The highest BCUT2D eigenvalue weighted by atomic mass is 19.1. The van der Waals surface area contributed by atoms with Gasteiger partial charge in [0.05, 0.1) is 5.69 Å². The second-order valence-corrected chi connectivity index (χ2v) is 3.93. The summed E-state index contributed by atoms with van der Waals surface area (Å²) in [5.41, 5.74) is 2.28. The van der Waals surface area contributed by atoms with Crippen LogP contribution in [0.1, 0.15) is 12.6 Å². The molecule has 0 amide bonds. The quantitative estimate of drug-likeness (QED) is 0.903. The Labute approximate surface area is 104 Å². The Morgan fingerprint density at radius 3 is 2.61 bits per heavy atom. The van der Waals surface area contributed by atoms with Crippen LogP contribution in [0.25, 0.3) is 11.3 Å². The molecule has 0 bridgehead atoms. The molecule has 1 aromatic carbocycles. The first-order valence-corrected chi connectivity index (χ1v) is 5.64. The van der Waals surface area contributed by atoms with Crippen LogP contribution >= 0.6 is 0 Å². The maximum Gasteiger partial charge on any atom is 0.325 e. The van der Waals surface area contributed by atoms with Gasteiger partial charge in [0.15, 0.2) is 0 Å². The molecule has 0 aliphatic heterocycles. The van der Waals surface area contributed by atoms with Gasteiger partial charge >= 0.3 is 5.97 Å². The predicted molar refractivity (Wildman–Crippen MR) is 64.6 cm³/mol. The fourth-order valence-corrected chi connectivity index (χ4v) is 1.77. The van der Waals surface area contributed by atoms with Crippen LogP contribution in [-0.4, -0.2) is 20.9 Å². The van der Waals surface area contributed by atoms with E-state index in [-0.39, 0.29) is 12.4 Å². The topological polar surface area (TPSA) is 55.1 Å². The summed E-state index contributed by atoms with van der Waals surface area (Å²) in [6.07, 6.45) is 0.696. The first-order valence-electron chi connectivity index (χ1n) is 5.64. The molecular formula is C13H13FN2O2. The number of hydrogen-bond donors (Lipinski definition) is 1. The zero-order valence-electron chi connectivity index (χ0n) is 9.93. The minimum atomic E-state index is -0.932. The van der Waals surface area contributed by atoms with Gasteiger partial charge in [0.2, 0.25) is 0 Å². The van der Waals surface area contributed by atoms with E-state index in [1.54, 1.807) is 12.1 Å². The van der Waals surface area contributed by atoms with Crippen molar-refractivity contribution in [3.05, 3.63) is 41.8 Å². The third kappa shape index (κ3) is 2.56. The van der Waals surface area contributed by atoms with Crippen LogP contribution in [0.4, 0.5) is 4.39 Å². The number of aliphatic carboxylic acids is 1. The third-order valence-electron chi connectivity index (χ3n) is 2.65. The van der Waals surface area contributed by atoms with Crippen LogP contribution < -0.4 is 0 Å². The Kier molecular flexibility index (Phi) is 3.41. The lowest BCUT2D eigenvalue weighted by atomic mass is 10.1. The van der Waals surface area contributed by atoms with Crippen LogP contribution in [-0.2, 0) is 17.8 Å². The Morgan fingerprint density at radius 1 is 1.39 bits per heavy atom. The molecule has 1 aromatic heterocycles. The maximum absolute atomic E-state index is 12.8. The summed E-state index contributed by atoms with van der Waals surface area (Å²) in [6, 6.07) is 7.80. The lowest BCUT2D eigenvalue weighted by Gasteiger charge is -2.00. The molecule has 2 aromatic rings. The summed E-state index contributed by atoms with van der Waals surface area (Å²) < 4.78 is 14.3. The fourth-order valence-electron chi connectivity index (χ4n) is 1.77. The van der Waals surface area contributed by atoms with E-state index >= 15 is 0 Å². The number of nitrogens with zero attached hydrogens (tertiary/aromatic N) is 2. The van der Waals surface area contributed by atoms with Gasteiger partial charge in [-0.1, -0.05) is 6.92 Å². The van der Waals surface area contributed by atoms with E-state index in [0.29, 0.717) is 12.1 Å². The molecule has 1 heterocycles. The van der Waals surface area contributed by atoms with Gasteiger partial charge in [-0.15, -0.1) is 0 Å². The number of carboxylic acids is 1. The van der Waals surface area contributed by atoms with Crippen molar-refractivity contribution >= 4 is 5.97 Å². The van der Waals surface area contributed by atoms with Crippen molar-refractivity contribution in [1.29, 1.82) is 0 Å². The van der Waals surface area contributed by atoms with Gasteiger partial charge in [0.25, 0.3) is 0 Å². The number of benzene rings is 1. The van der Waals surface area contributed by atoms with E-state index in [1.165, 1.54) is 16.8 Å². The van der Waals surface area contributed by atoms with E-state index in [9.17, 15) is 9.18 Å². The number of rotatable bonds is 4. The fraction of sp³-hybridized carbons (Fsp3) is 0.231. The zero-order valence-corrected chi connectivity index (χ0v) is 9.93. The molecule has 1 N–H and O–H groups in total. The van der Waals surface area contributed by atoms with Crippen LogP contribution in [0.3, 0.4) is 0 Å². The first-order chi connectivity index (χ1) is 8.60. The molecule has 2 rings (SSSR count). The molecule has 94 valence electrons. The summed E-state index contributed by atoms with van der Waals surface area (Å²) in [6.45, 7) is 1.77. The predicted octanol–water partition coefficient (Wildman–Crippen LogP) is 2.34. The van der Waals surface area contributed by atoms with E-state index in [2.05, 4.69) is 5.10 Å². The van der Waals surface area contributed by atoms with Crippen LogP contribution in [0, 0.1) is 5.82 Å². The van der Waals surface area contributed by atoms with Crippen molar-refractivity contribution < 1.29 is 14.3 Å². The van der Waals surface area contributed by atoms with Gasteiger partial charge in [-0.3, -0.25) is 9.48 Å². The molecule has 0 aliphatic carbocycles. The SMILES string of the molecule is CCc1cc(-c2ccc(F)cc2)nn1CC(=O)O. The molecule has 0 unspecified atom stereocenters. The van der Waals surface area contributed by atoms with Crippen LogP contribution in [0.5, 0.6) is 0 Å². The molecule has 0 spiro atoms. The van der Waals surface area contributed by atoms with E-state index < -0.39 is 5.97 Å². The summed E-state index contributed by atoms with van der Waals surface area (Å²) in [5.74, 6) is -1.24. The van der Waals surface area contributed by atoms with Gasteiger partial charge in [-0.05, 0) is 36.8 Å². The summed E-state index contributed by atoms with van der Waals surface area (Å²) >= 11 is 0. The standard InChI is InChI=1S/C13H13FN2O2/c1-2-11-7-12(15-16(11)8-13(17)18)9-3-5-10(14)6-4-9/h3-7H,2,8H2,1H3,(H,17,18). The number of carboxylic acid groups (broad SMARTS) is 1. The number of aryl methyl sites for hydroxylation is 1. The summed E-state index contributed by atoms with van der Waals surface area (Å²) in [4.78, 5) is 10.7. The van der Waals surface area contributed by atoms with Crippen molar-refractivity contribution in [2.45, 2.75) is 19.9 Å². The molecule has 5 heteroatoms. The number of hydrogen-bond acceptors (Lipinski definition) is 2. The van der Waals surface area contributed by atoms with Gasteiger partial charge in [-0.2, -0.15) is 5.10 Å². The largest absolute Gasteiger partial charge is 0.480 e. The third-order valence-corrected chi connectivity index (χ3v) is 2.65. The lowest BCUT2D eigenvalue weighted by molar-refractivity contribution is -0.137. The second kappa shape index (κ2) is 5.00. The smallest absolute Gasteiger partial charge is 0.325 e. The van der Waals surface area contributed by atoms with Crippen molar-refractivity contribution in [3.8, 4) is 11.3 Å². The highest BCUT2D eigenvalue weighted by Crippen LogP contribution is 2.19. The molecular weight excluding hydrogens is 235 g/mol. The molecule has 4 nitrogen and oxygen atoms in total. The molecule has 0 aliphatic rings. The van der Waals surface area contributed by atoms with Crippen LogP contribution in [0.15, 0.2) is 30.3 Å². The van der Waals surface area contributed by atoms with E-state index in [1.807, 2.05) is 13.0 Å². The molecule has 18 heavy (non-hydrogen) atoms. The monoisotopic (exact) mass is 248 g/mol. The Bertz CT molecular complexity index is 561. The lowest BCUT2D eigenvalue weighted by Crippen LogP contribution is -2.12. The molecule has 0 fully saturated rings. The number of aromatic nitrogens is 2. The van der Waals surface area contributed by atoms with Gasteiger partial charge in [-0.25, -0.2) is 4.39 Å².